The largest absolute Gasteiger partial charge is 0.475 e. The van der Waals surface area contributed by atoms with Crippen LogP contribution in [0.4, 0.5) is 0 Å². The predicted octanol–water partition coefficient (Wildman–Crippen LogP) is 5.49. The first-order chi connectivity index (χ1) is 11.2. The van der Waals surface area contributed by atoms with Gasteiger partial charge < -0.3 is 4.74 Å². The van der Waals surface area contributed by atoms with Gasteiger partial charge in [-0.05, 0) is 69.9 Å². The van der Waals surface area contributed by atoms with Gasteiger partial charge in [-0.2, -0.15) is 0 Å². The van der Waals surface area contributed by atoms with Crippen LogP contribution in [0.3, 0.4) is 0 Å². The van der Waals surface area contributed by atoms with Crippen LogP contribution in [0.1, 0.15) is 58.7 Å². The molecule has 132 valence electrons. The Labute approximate surface area is 147 Å². The molecule has 0 amide bonds. The average molecular weight is 329 g/mol. The van der Waals surface area contributed by atoms with E-state index in [0.29, 0.717) is 17.7 Å². The van der Waals surface area contributed by atoms with E-state index in [1.54, 1.807) is 0 Å². The van der Waals surface area contributed by atoms with Crippen LogP contribution in [0, 0.1) is 36.0 Å². The molecule has 1 N–H and O–H groups in total. The third-order valence-corrected chi connectivity index (χ3v) is 5.02. The van der Waals surface area contributed by atoms with Gasteiger partial charge in [0.25, 0.3) is 0 Å². The SMILES string of the molecule is Cc1ccc(/C=C\[C@H](C)C2CC(C(C)C(=N)OC(C)(C)C)C2)cn1. The summed E-state index contributed by atoms with van der Waals surface area (Å²) in [6.45, 7) is 12.4. The monoisotopic (exact) mass is 328 g/mol. The minimum absolute atomic E-state index is 0.220. The van der Waals surface area contributed by atoms with Crippen molar-refractivity contribution >= 4 is 12.0 Å². The molecular weight excluding hydrogens is 296 g/mol. The first kappa shape index (κ1) is 18.7. The Morgan fingerprint density at radius 1 is 1.25 bits per heavy atom. The van der Waals surface area contributed by atoms with E-state index in [4.69, 9.17) is 10.1 Å². The summed E-state index contributed by atoms with van der Waals surface area (Å²) in [5.41, 5.74) is 1.94. The second-order valence-corrected chi connectivity index (χ2v) is 8.31. The zero-order chi connectivity index (χ0) is 17.9. The highest BCUT2D eigenvalue weighted by Crippen LogP contribution is 2.44. The maximum atomic E-state index is 8.16. The van der Waals surface area contributed by atoms with Crippen LogP contribution in [0.5, 0.6) is 0 Å². The summed E-state index contributed by atoms with van der Waals surface area (Å²) >= 11 is 0. The Morgan fingerprint density at radius 3 is 2.46 bits per heavy atom. The Bertz CT molecular complexity index is 577. The van der Waals surface area contributed by atoms with Gasteiger partial charge in [0.05, 0.1) is 0 Å². The van der Waals surface area contributed by atoms with E-state index < -0.39 is 0 Å². The third-order valence-electron chi connectivity index (χ3n) is 5.02. The zero-order valence-corrected chi connectivity index (χ0v) is 16.0. The molecule has 3 nitrogen and oxygen atoms in total. The van der Waals surface area contributed by atoms with E-state index in [-0.39, 0.29) is 11.5 Å². The summed E-state index contributed by atoms with van der Waals surface area (Å²) in [7, 11) is 0. The molecule has 0 spiro atoms. The van der Waals surface area contributed by atoms with Crippen molar-refractivity contribution in [2.75, 3.05) is 0 Å². The molecular formula is C21H32N2O. The van der Waals surface area contributed by atoms with E-state index in [9.17, 15) is 0 Å². The molecule has 3 heteroatoms. The number of rotatable bonds is 5. The second kappa shape index (κ2) is 7.50. The second-order valence-electron chi connectivity index (χ2n) is 8.31. The smallest absolute Gasteiger partial charge is 0.184 e. The molecule has 24 heavy (non-hydrogen) atoms. The molecule has 0 aromatic carbocycles. The Kier molecular flexibility index (Phi) is 5.84. The van der Waals surface area contributed by atoms with Crippen LogP contribution in [0.2, 0.25) is 0 Å². The number of nitrogens with zero attached hydrogens (tertiary/aromatic N) is 1. The highest BCUT2D eigenvalue weighted by Gasteiger charge is 2.37. The average Bonchev–Trinajstić information content (AvgIpc) is 2.43. The number of nitrogens with one attached hydrogen (secondary N) is 1. The van der Waals surface area contributed by atoms with Gasteiger partial charge in [0.15, 0.2) is 5.90 Å². The highest BCUT2D eigenvalue weighted by molar-refractivity contribution is 5.76. The summed E-state index contributed by atoms with van der Waals surface area (Å²) in [6.07, 6.45) is 8.78. The van der Waals surface area contributed by atoms with Gasteiger partial charge in [-0.3, -0.25) is 10.4 Å². The van der Waals surface area contributed by atoms with Gasteiger partial charge in [0, 0.05) is 17.8 Å². The van der Waals surface area contributed by atoms with Crippen molar-refractivity contribution in [3.63, 3.8) is 0 Å². The third kappa shape index (κ3) is 5.19. The van der Waals surface area contributed by atoms with Gasteiger partial charge in [-0.25, -0.2) is 0 Å². The highest BCUT2D eigenvalue weighted by atomic mass is 16.5. The number of pyridine rings is 1. The number of ether oxygens (including phenoxy) is 1. The topological polar surface area (TPSA) is 46.0 Å². The Balaban J connectivity index is 1.80. The Hall–Kier alpha value is -1.64. The molecule has 2 atom stereocenters. The molecule has 1 aliphatic rings. The summed E-state index contributed by atoms with van der Waals surface area (Å²) in [4.78, 5) is 4.33. The lowest BCUT2D eigenvalue weighted by Gasteiger charge is -2.42. The normalized spacial score (nSPS) is 23.6. The van der Waals surface area contributed by atoms with Crippen LogP contribution in [-0.4, -0.2) is 16.5 Å². The fraction of sp³-hybridized carbons (Fsp3) is 0.619. The molecule has 1 fully saturated rings. The zero-order valence-electron chi connectivity index (χ0n) is 16.0. The van der Waals surface area contributed by atoms with Crippen LogP contribution >= 0.6 is 0 Å². The molecule has 1 saturated carbocycles. The van der Waals surface area contributed by atoms with Crippen molar-refractivity contribution in [1.29, 1.82) is 5.41 Å². The van der Waals surface area contributed by atoms with Crippen molar-refractivity contribution in [1.82, 2.24) is 4.98 Å². The summed E-state index contributed by atoms with van der Waals surface area (Å²) < 4.78 is 5.73. The number of allylic oxidation sites excluding steroid dienone is 1. The molecule has 0 aliphatic heterocycles. The molecule has 1 unspecified atom stereocenters. The number of hydrogen-bond donors (Lipinski definition) is 1. The van der Waals surface area contributed by atoms with E-state index in [0.717, 1.165) is 17.2 Å². The van der Waals surface area contributed by atoms with Crippen molar-refractivity contribution in [2.24, 2.45) is 23.7 Å². The first-order valence-electron chi connectivity index (χ1n) is 9.04. The molecule has 0 radical (unpaired) electrons. The maximum absolute atomic E-state index is 8.16. The lowest BCUT2D eigenvalue weighted by atomic mass is 9.64. The molecule has 1 aromatic heterocycles. The molecule has 1 aliphatic carbocycles. The van der Waals surface area contributed by atoms with E-state index >= 15 is 0 Å². The Morgan fingerprint density at radius 2 is 1.92 bits per heavy atom. The summed E-state index contributed by atoms with van der Waals surface area (Å²) in [5, 5.41) is 8.16. The van der Waals surface area contributed by atoms with Crippen molar-refractivity contribution in [3.8, 4) is 0 Å². The maximum Gasteiger partial charge on any atom is 0.184 e. The van der Waals surface area contributed by atoms with Gasteiger partial charge in [0.2, 0.25) is 0 Å². The van der Waals surface area contributed by atoms with Crippen LogP contribution in [0.25, 0.3) is 6.08 Å². The molecule has 0 bridgehead atoms. The minimum Gasteiger partial charge on any atom is -0.475 e. The van der Waals surface area contributed by atoms with Crippen LogP contribution in [0.15, 0.2) is 24.4 Å². The molecule has 0 saturated heterocycles. The van der Waals surface area contributed by atoms with Gasteiger partial charge in [-0.15, -0.1) is 0 Å². The number of aromatic nitrogens is 1. The number of hydrogen-bond acceptors (Lipinski definition) is 3. The molecule has 1 aromatic rings. The van der Waals surface area contributed by atoms with E-state index in [1.807, 2.05) is 40.0 Å². The van der Waals surface area contributed by atoms with Crippen LogP contribution in [-0.2, 0) is 4.74 Å². The summed E-state index contributed by atoms with van der Waals surface area (Å²) in [6, 6.07) is 4.16. The van der Waals surface area contributed by atoms with E-state index in [2.05, 4.69) is 37.0 Å². The predicted molar refractivity (Wildman–Crippen MR) is 101 cm³/mol. The number of aryl methyl sites for hydroxylation is 1. The van der Waals surface area contributed by atoms with Gasteiger partial charge in [0.1, 0.15) is 5.60 Å². The molecule has 2 rings (SSSR count). The van der Waals surface area contributed by atoms with E-state index in [1.165, 1.54) is 12.8 Å². The van der Waals surface area contributed by atoms with Gasteiger partial charge >= 0.3 is 0 Å². The summed E-state index contributed by atoms with van der Waals surface area (Å²) in [5.74, 6) is 2.53. The van der Waals surface area contributed by atoms with Crippen molar-refractivity contribution in [2.45, 2.75) is 60.0 Å². The lowest BCUT2D eigenvalue weighted by molar-refractivity contribution is 0.0745. The molecule has 1 heterocycles. The van der Waals surface area contributed by atoms with Crippen molar-refractivity contribution < 1.29 is 4.74 Å². The van der Waals surface area contributed by atoms with Gasteiger partial charge in [-0.1, -0.05) is 32.1 Å². The minimum atomic E-state index is -0.271. The standard InChI is InChI=1S/C21H32N2O/c1-14(7-9-17-10-8-15(2)23-13-17)18-11-19(12-18)16(3)20(22)24-21(4,5)6/h7-10,13-14,16,18-19,22H,11-12H2,1-6H3/b9-7-,22-20?/t14-,16?,18?,19?/m0/s1. The van der Waals surface area contributed by atoms with Crippen molar-refractivity contribution in [3.05, 3.63) is 35.7 Å². The van der Waals surface area contributed by atoms with Crippen LogP contribution < -0.4 is 0 Å². The first-order valence-corrected chi connectivity index (χ1v) is 9.04. The fourth-order valence-corrected chi connectivity index (χ4v) is 3.18. The lowest BCUT2D eigenvalue weighted by Crippen LogP contribution is -2.38. The fourth-order valence-electron chi connectivity index (χ4n) is 3.18. The quantitative estimate of drug-likeness (QED) is 0.573.